The number of nitrogens with two attached hydrogens (primary N) is 1. The maximum atomic E-state index is 11.9. The smallest absolute Gasteiger partial charge is 0.247 e. The predicted octanol–water partition coefficient (Wildman–Crippen LogP) is 2.11. The molecule has 2 aromatic rings. The van der Waals surface area contributed by atoms with Crippen molar-refractivity contribution in [2.75, 3.05) is 5.32 Å². The molecule has 6 nitrogen and oxygen atoms in total. The van der Waals surface area contributed by atoms with Crippen molar-refractivity contribution in [1.29, 1.82) is 0 Å². The summed E-state index contributed by atoms with van der Waals surface area (Å²) in [5, 5.41) is 10.3. The van der Waals surface area contributed by atoms with E-state index in [-0.39, 0.29) is 12.3 Å². The molecule has 0 spiro atoms. The van der Waals surface area contributed by atoms with Crippen LogP contribution in [0.4, 0.5) is 5.69 Å². The Morgan fingerprint density at radius 3 is 2.80 bits per heavy atom. The summed E-state index contributed by atoms with van der Waals surface area (Å²) in [5.74, 6) is 0.294. The molecular formula is C14H18N4O2. The zero-order chi connectivity index (χ0) is 14.8. The van der Waals surface area contributed by atoms with Crippen LogP contribution in [0.2, 0.25) is 0 Å². The lowest BCUT2D eigenvalue weighted by Gasteiger charge is -2.18. The molecular weight excluding hydrogens is 256 g/mol. The molecule has 0 aliphatic heterocycles. The van der Waals surface area contributed by atoms with Gasteiger partial charge in [-0.05, 0) is 38.5 Å². The van der Waals surface area contributed by atoms with Crippen molar-refractivity contribution in [3.63, 3.8) is 0 Å². The zero-order valence-electron chi connectivity index (χ0n) is 11.8. The molecule has 0 bridgehead atoms. The van der Waals surface area contributed by atoms with Gasteiger partial charge in [-0.15, -0.1) is 10.2 Å². The van der Waals surface area contributed by atoms with Crippen molar-refractivity contribution in [3.8, 4) is 11.5 Å². The fraction of sp³-hybridized carbons (Fsp3) is 0.357. The topological polar surface area (TPSA) is 94.0 Å². The largest absolute Gasteiger partial charge is 0.423 e. The standard InChI is InChI=1S/C14H18N4O2/c1-9-4-5-10(13-18-16-8-20-13)6-11(9)17-12(19)7-14(2,3)15/h4-6,8H,7,15H2,1-3H3,(H,17,19). The van der Waals surface area contributed by atoms with Gasteiger partial charge in [0.15, 0.2) is 0 Å². The number of carbonyl (C=O) groups excluding carboxylic acids is 1. The van der Waals surface area contributed by atoms with Gasteiger partial charge >= 0.3 is 0 Å². The first-order valence-electron chi connectivity index (χ1n) is 6.31. The summed E-state index contributed by atoms with van der Waals surface area (Å²) in [6, 6.07) is 5.57. The van der Waals surface area contributed by atoms with Gasteiger partial charge in [0, 0.05) is 23.2 Å². The van der Waals surface area contributed by atoms with Crippen molar-refractivity contribution >= 4 is 11.6 Å². The molecule has 0 unspecified atom stereocenters. The lowest BCUT2D eigenvalue weighted by atomic mass is 10.0. The van der Waals surface area contributed by atoms with Gasteiger partial charge in [-0.2, -0.15) is 0 Å². The second-order valence-corrected chi connectivity index (χ2v) is 5.49. The molecule has 0 saturated carbocycles. The van der Waals surface area contributed by atoms with Gasteiger partial charge < -0.3 is 15.5 Å². The van der Waals surface area contributed by atoms with E-state index in [0.717, 1.165) is 16.8 Å². The van der Waals surface area contributed by atoms with Crippen LogP contribution in [0.1, 0.15) is 25.8 Å². The first-order valence-corrected chi connectivity index (χ1v) is 6.31. The van der Waals surface area contributed by atoms with Crippen molar-refractivity contribution in [2.45, 2.75) is 32.7 Å². The third kappa shape index (κ3) is 3.64. The number of anilines is 1. The van der Waals surface area contributed by atoms with Crippen LogP contribution in [0.3, 0.4) is 0 Å². The van der Waals surface area contributed by atoms with E-state index in [1.165, 1.54) is 6.39 Å². The van der Waals surface area contributed by atoms with Gasteiger partial charge in [0.05, 0.1) is 0 Å². The number of aryl methyl sites for hydroxylation is 1. The minimum atomic E-state index is -0.540. The van der Waals surface area contributed by atoms with E-state index in [9.17, 15) is 4.79 Å². The molecule has 0 aliphatic rings. The van der Waals surface area contributed by atoms with Gasteiger partial charge in [-0.3, -0.25) is 4.79 Å². The Morgan fingerprint density at radius 1 is 1.45 bits per heavy atom. The molecule has 2 rings (SSSR count). The van der Waals surface area contributed by atoms with Gasteiger partial charge in [-0.1, -0.05) is 6.07 Å². The third-order valence-corrected chi connectivity index (χ3v) is 2.73. The average Bonchev–Trinajstić information content (AvgIpc) is 2.83. The molecule has 1 aromatic carbocycles. The Kier molecular flexibility index (Phi) is 3.85. The van der Waals surface area contributed by atoms with Gasteiger partial charge in [0.1, 0.15) is 0 Å². The SMILES string of the molecule is Cc1ccc(-c2nnco2)cc1NC(=O)CC(C)(C)N. The number of amides is 1. The summed E-state index contributed by atoms with van der Waals surface area (Å²) in [7, 11) is 0. The first kappa shape index (κ1) is 14.2. The minimum Gasteiger partial charge on any atom is -0.423 e. The van der Waals surface area contributed by atoms with E-state index in [1.54, 1.807) is 0 Å². The quantitative estimate of drug-likeness (QED) is 0.890. The summed E-state index contributed by atoms with van der Waals surface area (Å²) in [4.78, 5) is 11.9. The van der Waals surface area contributed by atoms with Crippen LogP contribution >= 0.6 is 0 Å². The molecule has 0 radical (unpaired) electrons. The summed E-state index contributed by atoms with van der Waals surface area (Å²) < 4.78 is 5.15. The summed E-state index contributed by atoms with van der Waals surface area (Å²) in [5.41, 5.74) is 7.73. The first-order chi connectivity index (χ1) is 9.35. The Bertz CT molecular complexity index is 600. The fourth-order valence-corrected chi connectivity index (χ4v) is 1.80. The highest BCUT2D eigenvalue weighted by atomic mass is 16.4. The molecule has 1 heterocycles. The van der Waals surface area contributed by atoms with Gasteiger partial charge in [-0.25, -0.2) is 0 Å². The highest BCUT2D eigenvalue weighted by Gasteiger charge is 2.17. The van der Waals surface area contributed by atoms with E-state index in [2.05, 4.69) is 15.5 Å². The lowest BCUT2D eigenvalue weighted by Crippen LogP contribution is -2.36. The second-order valence-electron chi connectivity index (χ2n) is 5.49. The molecule has 106 valence electrons. The summed E-state index contributed by atoms with van der Waals surface area (Å²) in [6.07, 6.45) is 1.52. The molecule has 3 N–H and O–H groups in total. The average molecular weight is 274 g/mol. The van der Waals surface area contributed by atoms with Crippen molar-refractivity contribution in [1.82, 2.24) is 10.2 Å². The molecule has 20 heavy (non-hydrogen) atoms. The third-order valence-electron chi connectivity index (χ3n) is 2.73. The molecule has 0 aliphatic carbocycles. The Morgan fingerprint density at radius 2 is 2.20 bits per heavy atom. The highest BCUT2D eigenvalue weighted by molar-refractivity contribution is 5.92. The highest BCUT2D eigenvalue weighted by Crippen LogP contribution is 2.24. The molecule has 1 aromatic heterocycles. The minimum absolute atomic E-state index is 0.122. The van der Waals surface area contributed by atoms with E-state index in [1.807, 2.05) is 39.0 Å². The van der Waals surface area contributed by atoms with E-state index < -0.39 is 5.54 Å². The van der Waals surface area contributed by atoms with E-state index >= 15 is 0 Å². The van der Waals surface area contributed by atoms with Crippen molar-refractivity contribution < 1.29 is 9.21 Å². The van der Waals surface area contributed by atoms with Crippen LogP contribution in [0, 0.1) is 6.92 Å². The van der Waals surface area contributed by atoms with E-state index in [4.69, 9.17) is 10.2 Å². The number of nitrogens with zero attached hydrogens (tertiary/aromatic N) is 2. The predicted molar refractivity (Wildman–Crippen MR) is 76.0 cm³/mol. The molecule has 6 heteroatoms. The lowest BCUT2D eigenvalue weighted by molar-refractivity contribution is -0.117. The molecule has 0 fully saturated rings. The molecule has 0 saturated heterocycles. The monoisotopic (exact) mass is 274 g/mol. The van der Waals surface area contributed by atoms with Crippen molar-refractivity contribution in [3.05, 3.63) is 30.2 Å². The number of hydrogen-bond donors (Lipinski definition) is 2. The number of hydrogen-bond acceptors (Lipinski definition) is 5. The van der Waals surface area contributed by atoms with Crippen molar-refractivity contribution in [2.24, 2.45) is 5.73 Å². The van der Waals surface area contributed by atoms with Gasteiger partial charge in [0.25, 0.3) is 0 Å². The van der Waals surface area contributed by atoms with Crippen LogP contribution in [0.25, 0.3) is 11.5 Å². The maximum Gasteiger partial charge on any atom is 0.247 e. The van der Waals surface area contributed by atoms with Crippen LogP contribution < -0.4 is 11.1 Å². The Balaban J connectivity index is 2.19. The maximum absolute atomic E-state index is 11.9. The molecule has 0 atom stereocenters. The van der Waals surface area contributed by atoms with Crippen LogP contribution in [0.5, 0.6) is 0 Å². The van der Waals surface area contributed by atoms with Crippen LogP contribution in [0.15, 0.2) is 29.0 Å². The Hall–Kier alpha value is -2.21. The summed E-state index contributed by atoms with van der Waals surface area (Å²) >= 11 is 0. The summed E-state index contributed by atoms with van der Waals surface area (Å²) in [6.45, 7) is 5.55. The van der Waals surface area contributed by atoms with Crippen LogP contribution in [-0.4, -0.2) is 21.6 Å². The Labute approximate surface area is 117 Å². The normalized spacial score (nSPS) is 11.4. The second kappa shape index (κ2) is 5.42. The number of aromatic nitrogens is 2. The molecule has 1 amide bonds. The number of rotatable bonds is 4. The number of benzene rings is 1. The number of nitrogens with one attached hydrogen (secondary N) is 1. The number of carbonyl (C=O) groups is 1. The zero-order valence-corrected chi connectivity index (χ0v) is 11.8. The van der Waals surface area contributed by atoms with Gasteiger partial charge in [0.2, 0.25) is 18.2 Å². The van der Waals surface area contributed by atoms with E-state index in [0.29, 0.717) is 5.89 Å². The fourth-order valence-electron chi connectivity index (χ4n) is 1.80. The van der Waals surface area contributed by atoms with Crippen LogP contribution in [-0.2, 0) is 4.79 Å².